The summed E-state index contributed by atoms with van der Waals surface area (Å²) in [5, 5.41) is 9.33. The van der Waals surface area contributed by atoms with Crippen LogP contribution in [0.4, 0.5) is 0 Å². The van der Waals surface area contributed by atoms with Gasteiger partial charge in [0.05, 0.1) is 9.80 Å². The zero-order valence-electron chi connectivity index (χ0n) is 8.13. The number of rotatable bonds is 4. The van der Waals surface area contributed by atoms with E-state index in [4.69, 9.17) is 0 Å². The summed E-state index contributed by atoms with van der Waals surface area (Å²) in [5.41, 5.74) is 0. The Labute approximate surface area is 89.3 Å². The van der Waals surface area contributed by atoms with Gasteiger partial charge in [-0.25, -0.2) is 8.42 Å². The molecule has 0 aliphatic rings. The Bertz CT molecular complexity index is 460. The smallest absolute Gasteiger partial charge is 0.205 e. The van der Waals surface area contributed by atoms with E-state index in [0.29, 0.717) is 0 Å². The molecule has 15 heavy (non-hydrogen) atoms. The lowest BCUT2D eigenvalue weighted by Gasteiger charge is -2.10. The molecule has 0 fully saturated rings. The van der Waals surface area contributed by atoms with E-state index in [9.17, 15) is 13.5 Å². The molecule has 1 N–H and O–H groups in total. The van der Waals surface area contributed by atoms with Crippen LogP contribution in [0.3, 0.4) is 0 Å². The number of hydrogen-bond acceptors (Lipinski definition) is 3. The summed E-state index contributed by atoms with van der Waals surface area (Å²) in [6, 6.07) is 7.85. The van der Waals surface area contributed by atoms with Gasteiger partial charge in [0.15, 0.2) is 0 Å². The van der Waals surface area contributed by atoms with Crippen molar-refractivity contribution in [2.24, 2.45) is 0 Å². The number of aliphatic hydroxyl groups excluding tert-OH is 1. The van der Waals surface area contributed by atoms with Crippen LogP contribution in [-0.2, 0) is 9.84 Å². The normalized spacial score (nSPS) is 13.1. The van der Waals surface area contributed by atoms with E-state index in [1.807, 2.05) is 0 Å². The Kier molecular flexibility index (Phi) is 3.44. The maximum atomic E-state index is 11.8. The predicted molar refractivity (Wildman–Crippen MR) is 59.0 cm³/mol. The fourth-order valence-electron chi connectivity index (χ4n) is 1.04. The third-order valence-corrected chi connectivity index (χ3v) is 3.78. The molecule has 1 rings (SSSR count). The van der Waals surface area contributed by atoms with Gasteiger partial charge in [0.25, 0.3) is 0 Å². The maximum absolute atomic E-state index is 11.8. The minimum Gasteiger partial charge on any atom is -0.384 e. The van der Waals surface area contributed by atoms with Crippen LogP contribution in [0.25, 0.3) is 0 Å². The van der Waals surface area contributed by atoms with Gasteiger partial charge in [-0.2, -0.15) is 0 Å². The maximum Gasteiger partial charge on any atom is 0.205 e. The van der Waals surface area contributed by atoms with E-state index in [-0.39, 0.29) is 9.80 Å². The van der Waals surface area contributed by atoms with E-state index in [1.165, 1.54) is 12.1 Å². The highest BCUT2D eigenvalue weighted by Gasteiger charge is 2.22. The average molecular weight is 224 g/mol. The van der Waals surface area contributed by atoms with E-state index in [2.05, 4.69) is 13.2 Å². The first-order valence-electron chi connectivity index (χ1n) is 4.29. The van der Waals surface area contributed by atoms with Crippen LogP contribution in [0.15, 0.2) is 59.4 Å². The highest BCUT2D eigenvalue weighted by atomic mass is 32.2. The molecule has 0 saturated heterocycles. The molecule has 0 aromatic heterocycles. The van der Waals surface area contributed by atoms with Crippen LogP contribution >= 0.6 is 0 Å². The molecular weight excluding hydrogens is 212 g/mol. The zero-order chi connectivity index (χ0) is 11.5. The monoisotopic (exact) mass is 224 g/mol. The van der Waals surface area contributed by atoms with Crippen molar-refractivity contribution in [2.75, 3.05) is 0 Å². The largest absolute Gasteiger partial charge is 0.384 e. The molecule has 1 aromatic rings. The molecule has 0 radical (unpaired) electrons. The Morgan fingerprint density at radius 2 is 1.87 bits per heavy atom. The van der Waals surface area contributed by atoms with Crippen molar-refractivity contribution in [3.63, 3.8) is 0 Å². The third kappa shape index (κ3) is 2.34. The quantitative estimate of drug-likeness (QED) is 0.789. The predicted octanol–water partition coefficient (Wildman–Crippen LogP) is 1.52. The third-order valence-electron chi connectivity index (χ3n) is 1.95. The second-order valence-electron chi connectivity index (χ2n) is 2.96. The highest BCUT2D eigenvalue weighted by Crippen LogP contribution is 2.20. The molecule has 1 atom stereocenters. The lowest BCUT2D eigenvalue weighted by atomic mass is 10.3. The van der Waals surface area contributed by atoms with Gasteiger partial charge in [-0.05, 0) is 12.1 Å². The Balaban J connectivity index is 3.15. The first-order chi connectivity index (χ1) is 7.00. The molecule has 80 valence electrons. The van der Waals surface area contributed by atoms with Crippen molar-refractivity contribution in [2.45, 2.75) is 11.0 Å². The van der Waals surface area contributed by atoms with E-state index < -0.39 is 15.9 Å². The number of benzene rings is 1. The van der Waals surface area contributed by atoms with Crippen LogP contribution in [0.1, 0.15) is 0 Å². The molecule has 0 saturated carbocycles. The second-order valence-corrected chi connectivity index (χ2v) is 4.97. The van der Waals surface area contributed by atoms with Gasteiger partial charge in [0, 0.05) is 0 Å². The topological polar surface area (TPSA) is 54.4 Å². The number of aliphatic hydroxyl groups is 1. The number of hydrogen-bond donors (Lipinski definition) is 1. The Morgan fingerprint density at radius 1 is 1.33 bits per heavy atom. The van der Waals surface area contributed by atoms with E-state index in [0.717, 1.165) is 6.08 Å². The minimum absolute atomic E-state index is 0.121. The van der Waals surface area contributed by atoms with Crippen LogP contribution in [0.2, 0.25) is 0 Å². The van der Waals surface area contributed by atoms with Gasteiger partial charge in [0.2, 0.25) is 9.84 Å². The molecule has 0 heterocycles. The molecule has 0 bridgehead atoms. The zero-order valence-corrected chi connectivity index (χ0v) is 8.94. The SMILES string of the molecule is C=CC(O)C(=C)S(=O)(=O)c1ccccc1. The second kappa shape index (κ2) is 4.42. The summed E-state index contributed by atoms with van der Waals surface area (Å²) in [6.07, 6.45) is -0.113. The summed E-state index contributed by atoms with van der Waals surface area (Å²) >= 11 is 0. The minimum atomic E-state index is -3.67. The highest BCUT2D eigenvalue weighted by molar-refractivity contribution is 7.95. The van der Waals surface area contributed by atoms with E-state index in [1.54, 1.807) is 18.2 Å². The van der Waals surface area contributed by atoms with Gasteiger partial charge in [-0.1, -0.05) is 30.9 Å². The lowest BCUT2D eigenvalue weighted by Crippen LogP contribution is -2.15. The molecule has 0 amide bonds. The molecule has 0 spiro atoms. The first-order valence-corrected chi connectivity index (χ1v) is 5.78. The summed E-state index contributed by atoms with van der Waals surface area (Å²) in [7, 11) is -3.67. The summed E-state index contributed by atoms with van der Waals surface area (Å²) in [6.45, 7) is 6.68. The number of sulfone groups is 1. The first kappa shape index (κ1) is 11.7. The average Bonchev–Trinajstić information content (AvgIpc) is 2.28. The van der Waals surface area contributed by atoms with Gasteiger partial charge in [0.1, 0.15) is 6.10 Å². The van der Waals surface area contributed by atoms with Crippen LogP contribution in [0.5, 0.6) is 0 Å². The van der Waals surface area contributed by atoms with Gasteiger partial charge in [-0.3, -0.25) is 0 Å². The van der Waals surface area contributed by atoms with Gasteiger partial charge < -0.3 is 5.11 Å². The molecule has 0 aliphatic carbocycles. The van der Waals surface area contributed by atoms with Crippen LogP contribution in [0, 0.1) is 0 Å². The van der Waals surface area contributed by atoms with Crippen molar-refractivity contribution in [3.05, 3.63) is 54.5 Å². The molecule has 1 aromatic carbocycles. The van der Waals surface area contributed by atoms with Gasteiger partial charge in [-0.15, -0.1) is 6.58 Å². The lowest BCUT2D eigenvalue weighted by molar-refractivity contribution is 0.267. The van der Waals surface area contributed by atoms with Crippen molar-refractivity contribution < 1.29 is 13.5 Å². The Morgan fingerprint density at radius 3 is 2.33 bits per heavy atom. The summed E-state index contributed by atoms with van der Waals surface area (Å²) in [4.78, 5) is -0.139. The standard InChI is InChI=1S/C11H12O3S/c1-3-11(12)9(2)15(13,14)10-7-5-4-6-8-10/h3-8,11-12H,1-2H2. The molecule has 0 aliphatic heterocycles. The molecular formula is C11H12O3S. The summed E-state index contributed by atoms with van der Waals surface area (Å²) < 4.78 is 23.7. The molecule has 3 nitrogen and oxygen atoms in total. The summed E-state index contributed by atoms with van der Waals surface area (Å²) in [5.74, 6) is 0. The molecule has 1 unspecified atom stereocenters. The van der Waals surface area contributed by atoms with Crippen LogP contribution in [-0.4, -0.2) is 19.6 Å². The van der Waals surface area contributed by atoms with Gasteiger partial charge >= 0.3 is 0 Å². The van der Waals surface area contributed by atoms with E-state index >= 15 is 0 Å². The van der Waals surface area contributed by atoms with Crippen molar-refractivity contribution in [1.82, 2.24) is 0 Å². The fraction of sp³-hybridized carbons (Fsp3) is 0.0909. The van der Waals surface area contributed by atoms with Crippen molar-refractivity contribution >= 4 is 9.84 Å². The van der Waals surface area contributed by atoms with Crippen LogP contribution < -0.4 is 0 Å². The van der Waals surface area contributed by atoms with Crippen molar-refractivity contribution in [1.29, 1.82) is 0 Å². The van der Waals surface area contributed by atoms with Crippen molar-refractivity contribution in [3.8, 4) is 0 Å². The Hall–Kier alpha value is -1.39. The fourth-order valence-corrected chi connectivity index (χ4v) is 2.27. The molecule has 4 heteroatoms.